The van der Waals surface area contributed by atoms with Crippen molar-refractivity contribution in [2.24, 2.45) is 0 Å². The van der Waals surface area contributed by atoms with E-state index in [-0.39, 0.29) is 24.9 Å². The SMILES string of the molecule is CN1CC(=O)N(CCC2CCCCN2)CC1=O. The fourth-order valence-electron chi connectivity index (χ4n) is 2.45. The zero-order chi connectivity index (χ0) is 12.3. The zero-order valence-corrected chi connectivity index (χ0v) is 10.4. The number of hydrogen-bond acceptors (Lipinski definition) is 3. The summed E-state index contributed by atoms with van der Waals surface area (Å²) in [6, 6.07) is 0.520. The van der Waals surface area contributed by atoms with Crippen LogP contribution >= 0.6 is 0 Å². The molecule has 2 rings (SSSR count). The maximum absolute atomic E-state index is 11.7. The van der Waals surface area contributed by atoms with E-state index >= 15 is 0 Å². The first kappa shape index (κ1) is 12.4. The Morgan fingerprint density at radius 2 is 2.06 bits per heavy atom. The molecule has 1 atom stereocenters. The number of hydrogen-bond donors (Lipinski definition) is 1. The lowest BCUT2D eigenvalue weighted by Gasteiger charge is -2.33. The quantitative estimate of drug-likeness (QED) is 0.743. The van der Waals surface area contributed by atoms with Crippen molar-refractivity contribution in [1.29, 1.82) is 0 Å². The van der Waals surface area contributed by atoms with Gasteiger partial charge in [-0.1, -0.05) is 6.42 Å². The van der Waals surface area contributed by atoms with Gasteiger partial charge in [-0.2, -0.15) is 0 Å². The number of nitrogens with zero attached hydrogens (tertiary/aromatic N) is 2. The Labute approximate surface area is 102 Å². The summed E-state index contributed by atoms with van der Waals surface area (Å²) in [5.74, 6) is 0.115. The highest BCUT2D eigenvalue weighted by atomic mass is 16.2. The Kier molecular flexibility index (Phi) is 3.99. The molecule has 0 aliphatic carbocycles. The molecule has 5 heteroatoms. The van der Waals surface area contributed by atoms with Crippen LogP contribution in [0.2, 0.25) is 0 Å². The van der Waals surface area contributed by atoms with Crippen LogP contribution < -0.4 is 5.32 Å². The molecule has 0 spiro atoms. The number of nitrogens with one attached hydrogen (secondary N) is 1. The van der Waals surface area contributed by atoms with Gasteiger partial charge in [-0.3, -0.25) is 9.59 Å². The molecule has 0 aromatic rings. The normalized spacial score (nSPS) is 26.5. The molecule has 2 heterocycles. The average molecular weight is 239 g/mol. The van der Waals surface area contributed by atoms with E-state index in [9.17, 15) is 9.59 Å². The van der Waals surface area contributed by atoms with Crippen LogP contribution in [0.25, 0.3) is 0 Å². The first-order valence-corrected chi connectivity index (χ1v) is 6.42. The van der Waals surface area contributed by atoms with Crippen molar-refractivity contribution in [3.8, 4) is 0 Å². The summed E-state index contributed by atoms with van der Waals surface area (Å²) in [6.07, 6.45) is 4.67. The van der Waals surface area contributed by atoms with Gasteiger partial charge < -0.3 is 15.1 Å². The lowest BCUT2D eigenvalue weighted by Crippen LogP contribution is -2.53. The van der Waals surface area contributed by atoms with Gasteiger partial charge in [0.1, 0.15) is 0 Å². The van der Waals surface area contributed by atoms with E-state index in [1.54, 1.807) is 11.9 Å². The van der Waals surface area contributed by atoms with Gasteiger partial charge in [0.15, 0.2) is 0 Å². The Hall–Kier alpha value is -1.10. The van der Waals surface area contributed by atoms with E-state index < -0.39 is 0 Å². The monoisotopic (exact) mass is 239 g/mol. The van der Waals surface area contributed by atoms with Gasteiger partial charge in [-0.25, -0.2) is 0 Å². The molecule has 2 saturated heterocycles. The van der Waals surface area contributed by atoms with E-state index in [1.165, 1.54) is 24.2 Å². The molecule has 17 heavy (non-hydrogen) atoms. The van der Waals surface area contributed by atoms with Crippen LogP contribution in [-0.2, 0) is 9.59 Å². The largest absolute Gasteiger partial charge is 0.335 e. The first-order valence-electron chi connectivity index (χ1n) is 6.42. The predicted molar refractivity (Wildman–Crippen MR) is 64.5 cm³/mol. The Morgan fingerprint density at radius 3 is 2.76 bits per heavy atom. The summed E-state index contributed by atoms with van der Waals surface area (Å²) < 4.78 is 0. The maximum Gasteiger partial charge on any atom is 0.242 e. The molecule has 2 amide bonds. The lowest BCUT2D eigenvalue weighted by atomic mass is 10.0. The van der Waals surface area contributed by atoms with Crippen LogP contribution in [0.4, 0.5) is 0 Å². The van der Waals surface area contributed by atoms with Gasteiger partial charge in [0.2, 0.25) is 11.8 Å². The summed E-state index contributed by atoms with van der Waals surface area (Å²) >= 11 is 0. The number of likely N-dealkylation sites (N-methyl/N-ethyl adjacent to an activating group) is 1. The van der Waals surface area contributed by atoms with Crippen molar-refractivity contribution in [2.75, 3.05) is 33.2 Å². The topological polar surface area (TPSA) is 52.7 Å². The summed E-state index contributed by atoms with van der Waals surface area (Å²) in [5, 5.41) is 3.46. The van der Waals surface area contributed by atoms with Gasteiger partial charge in [0.25, 0.3) is 0 Å². The molecule has 2 aliphatic heterocycles. The van der Waals surface area contributed by atoms with E-state index in [4.69, 9.17) is 0 Å². The highest BCUT2D eigenvalue weighted by molar-refractivity contribution is 5.92. The Bertz CT molecular complexity index is 300. The fourth-order valence-corrected chi connectivity index (χ4v) is 2.45. The zero-order valence-electron chi connectivity index (χ0n) is 10.4. The van der Waals surface area contributed by atoms with Crippen molar-refractivity contribution in [1.82, 2.24) is 15.1 Å². The molecular weight excluding hydrogens is 218 g/mol. The summed E-state index contributed by atoms with van der Waals surface area (Å²) in [4.78, 5) is 26.4. The molecule has 0 bridgehead atoms. The van der Waals surface area contributed by atoms with E-state index in [0.717, 1.165) is 13.0 Å². The minimum Gasteiger partial charge on any atom is -0.335 e. The number of amides is 2. The minimum absolute atomic E-state index is 0.0428. The van der Waals surface area contributed by atoms with Gasteiger partial charge >= 0.3 is 0 Å². The molecule has 96 valence electrons. The third kappa shape index (κ3) is 3.19. The number of carbonyl (C=O) groups is 2. The van der Waals surface area contributed by atoms with Crippen LogP contribution in [0.1, 0.15) is 25.7 Å². The third-order valence-corrected chi connectivity index (χ3v) is 3.64. The van der Waals surface area contributed by atoms with Gasteiger partial charge in [-0.05, 0) is 25.8 Å². The highest BCUT2D eigenvalue weighted by Gasteiger charge is 2.27. The van der Waals surface area contributed by atoms with Crippen molar-refractivity contribution >= 4 is 11.8 Å². The lowest BCUT2D eigenvalue weighted by molar-refractivity contribution is -0.148. The van der Waals surface area contributed by atoms with Gasteiger partial charge in [-0.15, -0.1) is 0 Å². The summed E-state index contributed by atoms with van der Waals surface area (Å²) in [5.41, 5.74) is 0. The molecular formula is C12H21N3O2. The molecule has 0 saturated carbocycles. The van der Waals surface area contributed by atoms with Crippen LogP contribution in [0.3, 0.4) is 0 Å². The summed E-state index contributed by atoms with van der Waals surface area (Å²) in [6.45, 7) is 2.27. The number of rotatable bonds is 3. The molecule has 0 radical (unpaired) electrons. The standard InChI is InChI=1S/C12H21N3O2/c1-14-8-12(17)15(9-11(14)16)7-5-10-4-2-3-6-13-10/h10,13H,2-9H2,1H3. The molecule has 0 aromatic carbocycles. The van der Waals surface area contributed by atoms with Crippen molar-refractivity contribution < 1.29 is 9.59 Å². The van der Waals surface area contributed by atoms with Crippen LogP contribution in [0.15, 0.2) is 0 Å². The smallest absolute Gasteiger partial charge is 0.242 e. The predicted octanol–water partition coefficient (Wildman–Crippen LogP) is -0.181. The first-order chi connectivity index (χ1) is 8.16. The molecule has 5 nitrogen and oxygen atoms in total. The maximum atomic E-state index is 11.7. The Balaban J connectivity index is 1.78. The van der Waals surface area contributed by atoms with Crippen LogP contribution in [0.5, 0.6) is 0 Å². The van der Waals surface area contributed by atoms with Crippen molar-refractivity contribution in [2.45, 2.75) is 31.7 Å². The summed E-state index contributed by atoms with van der Waals surface area (Å²) in [7, 11) is 1.68. The third-order valence-electron chi connectivity index (χ3n) is 3.64. The fraction of sp³-hybridized carbons (Fsp3) is 0.833. The van der Waals surface area contributed by atoms with E-state index in [1.807, 2.05) is 0 Å². The molecule has 1 N–H and O–H groups in total. The van der Waals surface area contributed by atoms with Gasteiger partial charge in [0, 0.05) is 19.6 Å². The Morgan fingerprint density at radius 1 is 1.24 bits per heavy atom. The number of piperidine rings is 1. The minimum atomic E-state index is 0.0428. The van der Waals surface area contributed by atoms with Crippen molar-refractivity contribution in [3.05, 3.63) is 0 Å². The highest BCUT2D eigenvalue weighted by Crippen LogP contribution is 2.12. The van der Waals surface area contributed by atoms with E-state index in [0.29, 0.717) is 12.6 Å². The van der Waals surface area contributed by atoms with Crippen LogP contribution in [-0.4, -0.2) is 60.9 Å². The molecule has 2 aliphatic rings. The molecule has 0 aromatic heterocycles. The number of carbonyl (C=O) groups excluding carboxylic acids is 2. The number of piperazine rings is 1. The second-order valence-corrected chi connectivity index (χ2v) is 5.00. The van der Waals surface area contributed by atoms with Crippen molar-refractivity contribution in [3.63, 3.8) is 0 Å². The average Bonchev–Trinajstić information content (AvgIpc) is 2.33. The molecule has 2 fully saturated rings. The van der Waals surface area contributed by atoms with E-state index in [2.05, 4.69) is 5.32 Å². The van der Waals surface area contributed by atoms with Gasteiger partial charge in [0.05, 0.1) is 13.1 Å². The molecule has 1 unspecified atom stereocenters. The van der Waals surface area contributed by atoms with Crippen LogP contribution in [0, 0.1) is 0 Å². The second-order valence-electron chi connectivity index (χ2n) is 5.00. The second kappa shape index (κ2) is 5.49.